The minimum atomic E-state index is 0.0440. The number of thiocarbonyl (C=S) groups is 1. The van der Waals surface area contributed by atoms with Crippen LogP contribution >= 0.6 is 23.8 Å². The summed E-state index contributed by atoms with van der Waals surface area (Å²) in [5.41, 5.74) is 1.17. The van der Waals surface area contributed by atoms with Crippen LogP contribution in [0.1, 0.15) is 25.7 Å². The first-order valence-corrected chi connectivity index (χ1v) is 5.91. The summed E-state index contributed by atoms with van der Waals surface area (Å²) in [6.45, 7) is 0.896. The van der Waals surface area contributed by atoms with Crippen LogP contribution in [0.4, 0.5) is 0 Å². The molecule has 1 aliphatic heterocycles. The Morgan fingerprint density at radius 1 is 1.40 bits per heavy atom. The SMILES string of the molecule is O=C1CNC(=S)N1CC1=C(Cl)CCCC1. The lowest BCUT2D eigenvalue weighted by molar-refractivity contribution is -0.124. The van der Waals surface area contributed by atoms with E-state index in [-0.39, 0.29) is 5.91 Å². The molecule has 2 rings (SSSR count). The lowest BCUT2D eigenvalue weighted by Crippen LogP contribution is -2.33. The topological polar surface area (TPSA) is 32.3 Å². The standard InChI is InChI=1S/C10H13ClN2OS/c11-8-4-2-1-3-7(8)6-13-9(14)5-12-10(13)15/h1-6H2,(H,12,15). The number of nitrogens with one attached hydrogen (secondary N) is 1. The minimum absolute atomic E-state index is 0.0440. The second kappa shape index (κ2) is 4.49. The van der Waals surface area contributed by atoms with Crippen molar-refractivity contribution in [2.45, 2.75) is 25.7 Å². The van der Waals surface area contributed by atoms with Gasteiger partial charge in [-0.05, 0) is 43.5 Å². The van der Waals surface area contributed by atoms with E-state index < -0.39 is 0 Å². The Kier molecular flexibility index (Phi) is 3.26. The number of halogens is 1. The summed E-state index contributed by atoms with van der Waals surface area (Å²) in [4.78, 5) is 13.1. The summed E-state index contributed by atoms with van der Waals surface area (Å²) in [7, 11) is 0. The van der Waals surface area contributed by atoms with Crippen molar-refractivity contribution in [3.05, 3.63) is 10.6 Å². The molecule has 5 heteroatoms. The molecular formula is C10H13ClN2OS. The molecule has 0 atom stereocenters. The van der Waals surface area contributed by atoms with Crippen LogP contribution in [0.15, 0.2) is 10.6 Å². The number of amides is 1. The number of hydrogen-bond acceptors (Lipinski definition) is 2. The highest BCUT2D eigenvalue weighted by Crippen LogP contribution is 2.28. The summed E-state index contributed by atoms with van der Waals surface area (Å²) < 4.78 is 0. The van der Waals surface area contributed by atoms with Crippen LogP contribution in [-0.4, -0.2) is 29.0 Å². The average Bonchev–Trinajstić information content (AvgIpc) is 2.53. The van der Waals surface area contributed by atoms with E-state index in [1.807, 2.05) is 0 Å². The molecular weight excluding hydrogens is 232 g/mol. The van der Waals surface area contributed by atoms with E-state index in [4.69, 9.17) is 23.8 Å². The predicted molar refractivity (Wildman–Crippen MR) is 63.7 cm³/mol. The van der Waals surface area contributed by atoms with Crippen molar-refractivity contribution in [3.8, 4) is 0 Å². The molecule has 1 amide bonds. The Labute approximate surface area is 99.5 Å². The molecule has 2 aliphatic rings. The van der Waals surface area contributed by atoms with Crippen LogP contribution in [0, 0.1) is 0 Å². The third kappa shape index (κ3) is 2.32. The number of nitrogens with zero attached hydrogens (tertiary/aromatic N) is 1. The van der Waals surface area contributed by atoms with Gasteiger partial charge in [0.2, 0.25) is 5.91 Å². The van der Waals surface area contributed by atoms with Gasteiger partial charge >= 0.3 is 0 Å². The first kappa shape index (κ1) is 10.9. The van der Waals surface area contributed by atoms with Crippen molar-refractivity contribution in [2.24, 2.45) is 0 Å². The fourth-order valence-electron chi connectivity index (χ4n) is 1.90. The number of rotatable bonds is 2. The molecule has 82 valence electrons. The maximum atomic E-state index is 11.5. The highest BCUT2D eigenvalue weighted by molar-refractivity contribution is 7.80. The molecule has 1 saturated heterocycles. The van der Waals surface area contributed by atoms with Crippen LogP contribution in [0.3, 0.4) is 0 Å². The van der Waals surface area contributed by atoms with Crippen LogP contribution in [0.2, 0.25) is 0 Å². The van der Waals surface area contributed by atoms with E-state index >= 15 is 0 Å². The molecule has 15 heavy (non-hydrogen) atoms. The van der Waals surface area contributed by atoms with Gasteiger partial charge in [0.05, 0.1) is 13.1 Å². The third-order valence-electron chi connectivity index (χ3n) is 2.79. The molecule has 0 radical (unpaired) electrons. The quantitative estimate of drug-likeness (QED) is 0.752. The number of carbonyl (C=O) groups excluding carboxylic acids is 1. The van der Waals surface area contributed by atoms with E-state index in [1.54, 1.807) is 4.90 Å². The lowest BCUT2D eigenvalue weighted by Gasteiger charge is -2.21. The maximum Gasteiger partial charge on any atom is 0.248 e. The van der Waals surface area contributed by atoms with Gasteiger partial charge in [0.25, 0.3) is 0 Å². The second-order valence-electron chi connectivity index (χ2n) is 3.85. The smallest absolute Gasteiger partial charge is 0.248 e. The van der Waals surface area contributed by atoms with Crippen molar-refractivity contribution in [3.63, 3.8) is 0 Å². The van der Waals surface area contributed by atoms with E-state index in [9.17, 15) is 4.79 Å². The fourth-order valence-corrected chi connectivity index (χ4v) is 2.43. The van der Waals surface area contributed by atoms with Gasteiger partial charge in [0, 0.05) is 5.03 Å². The first-order valence-electron chi connectivity index (χ1n) is 5.13. The van der Waals surface area contributed by atoms with Crippen molar-refractivity contribution in [2.75, 3.05) is 13.1 Å². The van der Waals surface area contributed by atoms with E-state index in [0.717, 1.165) is 30.7 Å². The Morgan fingerprint density at radius 3 is 2.73 bits per heavy atom. The van der Waals surface area contributed by atoms with Crippen molar-refractivity contribution in [1.29, 1.82) is 0 Å². The maximum absolute atomic E-state index is 11.5. The second-order valence-corrected chi connectivity index (χ2v) is 4.70. The summed E-state index contributed by atoms with van der Waals surface area (Å²) in [5, 5.41) is 4.32. The molecule has 0 spiro atoms. The predicted octanol–water partition coefficient (Wildman–Crippen LogP) is 1.77. The van der Waals surface area contributed by atoms with Gasteiger partial charge in [-0.25, -0.2) is 0 Å². The van der Waals surface area contributed by atoms with Crippen molar-refractivity contribution in [1.82, 2.24) is 10.2 Å². The molecule has 0 unspecified atom stereocenters. The van der Waals surface area contributed by atoms with Gasteiger partial charge in [-0.1, -0.05) is 11.6 Å². The zero-order valence-corrected chi connectivity index (χ0v) is 9.96. The van der Waals surface area contributed by atoms with Gasteiger partial charge in [0.15, 0.2) is 5.11 Å². The van der Waals surface area contributed by atoms with Crippen LogP contribution < -0.4 is 5.32 Å². The lowest BCUT2D eigenvalue weighted by atomic mass is 9.99. The Balaban J connectivity index is 2.07. The highest BCUT2D eigenvalue weighted by atomic mass is 35.5. The molecule has 0 aromatic carbocycles. The van der Waals surface area contributed by atoms with Gasteiger partial charge < -0.3 is 5.32 Å². The number of allylic oxidation sites excluding steroid dienone is 1. The summed E-state index contributed by atoms with van der Waals surface area (Å²) in [5.74, 6) is 0.0440. The Morgan fingerprint density at radius 2 is 2.13 bits per heavy atom. The Bertz CT molecular complexity index is 324. The van der Waals surface area contributed by atoms with E-state index in [0.29, 0.717) is 18.2 Å². The normalized spacial score (nSPS) is 22.3. The van der Waals surface area contributed by atoms with Crippen LogP contribution in [0.5, 0.6) is 0 Å². The van der Waals surface area contributed by atoms with Gasteiger partial charge in [-0.15, -0.1) is 0 Å². The first-order chi connectivity index (χ1) is 7.18. The average molecular weight is 245 g/mol. The van der Waals surface area contributed by atoms with E-state index in [2.05, 4.69) is 5.32 Å². The minimum Gasteiger partial charge on any atom is -0.353 e. The van der Waals surface area contributed by atoms with Crippen molar-refractivity contribution >= 4 is 34.8 Å². The number of hydrogen-bond donors (Lipinski definition) is 1. The Hall–Kier alpha value is -0.610. The largest absolute Gasteiger partial charge is 0.353 e. The fraction of sp³-hybridized carbons (Fsp3) is 0.600. The molecule has 0 saturated carbocycles. The highest BCUT2D eigenvalue weighted by Gasteiger charge is 2.26. The number of carbonyl (C=O) groups is 1. The van der Waals surface area contributed by atoms with Gasteiger partial charge in [0.1, 0.15) is 0 Å². The summed E-state index contributed by atoms with van der Waals surface area (Å²) in [6.07, 6.45) is 4.25. The van der Waals surface area contributed by atoms with Gasteiger partial charge in [-0.2, -0.15) is 0 Å². The molecule has 0 aromatic heterocycles. The molecule has 1 aliphatic carbocycles. The molecule has 1 heterocycles. The zero-order valence-electron chi connectivity index (χ0n) is 8.38. The monoisotopic (exact) mass is 244 g/mol. The molecule has 0 bridgehead atoms. The van der Waals surface area contributed by atoms with Crippen LogP contribution in [0.25, 0.3) is 0 Å². The molecule has 3 nitrogen and oxygen atoms in total. The molecule has 1 N–H and O–H groups in total. The third-order valence-corrected chi connectivity index (χ3v) is 3.62. The van der Waals surface area contributed by atoms with Crippen LogP contribution in [-0.2, 0) is 4.79 Å². The zero-order chi connectivity index (χ0) is 10.8. The summed E-state index contributed by atoms with van der Waals surface area (Å²) in [6, 6.07) is 0. The van der Waals surface area contributed by atoms with Crippen molar-refractivity contribution < 1.29 is 4.79 Å². The van der Waals surface area contributed by atoms with E-state index in [1.165, 1.54) is 5.57 Å². The molecule has 0 aromatic rings. The molecule has 1 fully saturated rings. The summed E-state index contributed by atoms with van der Waals surface area (Å²) >= 11 is 11.2. The van der Waals surface area contributed by atoms with Gasteiger partial charge in [-0.3, -0.25) is 9.69 Å².